The van der Waals surface area contributed by atoms with Crippen LogP contribution in [0, 0.1) is 5.92 Å². The number of nitrogens with zero attached hydrogens (tertiary/aromatic N) is 2. The highest BCUT2D eigenvalue weighted by atomic mass is 19.4. The van der Waals surface area contributed by atoms with Gasteiger partial charge in [0.25, 0.3) is 5.72 Å². The first kappa shape index (κ1) is 13.8. The fourth-order valence-electron chi connectivity index (χ4n) is 1.39. The van der Waals surface area contributed by atoms with Gasteiger partial charge in [-0.25, -0.2) is 4.79 Å². The van der Waals surface area contributed by atoms with Crippen LogP contribution in [0.2, 0.25) is 0 Å². The van der Waals surface area contributed by atoms with E-state index in [1.807, 2.05) is 0 Å². The van der Waals surface area contributed by atoms with Crippen molar-refractivity contribution in [2.75, 3.05) is 7.11 Å². The largest absolute Gasteiger partial charge is 0.451 e. The van der Waals surface area contributed by atoms with Crippen LogP contribution < -0.4 is 0 Å². The molecule has 0 saturated carbocycles. The molecule has 1 rings (SSSR count). The van der Waals surface area contributed by atoms with Crippen LogP contribution in [0.15, 0.2) is 5.10 Å². The van der Waals surface area contributed by atoms with Crippen LogP contribution in [0.4, 0.5) is 18.0 Å². The molecule has 0 fully saturated rings. The van der Waals surface area contributed by atoms with Gasteiger partial charge in [-0.15, -0.1) is 0 Å². The number of halogens is 3. The highest BCUT2D eigenvalue weighted by molar-refractivity contribution is 5.90. The zero-order chi connectivity index (χ0) is 13.4. The highest BCUT2D eigenvalue weighted by Gasteiger charge is 2.63. The Morgan fingerprint density at radius 2 is 2.12 bits per heavy atom. The summed E-state index contributed by atoms with van der Waals surface area (Å²) in [6.45, 7) is 3.24. The summed E-state index contributed by atoms with van der Waals surface area (Å²) in [5.41, 5.74) is -3.23. The molecule has 0 aromatic rings. The predicted molar refractivity (Wildman–Crippen MR) is 52.1 cm³/mol. The molecule has 0 bridgehead atoms. The van der Waals surface area contributed by atoms with Crippen molar-refractivity contribution < 1.29 is 27.8 Å². The van der Waals surface area contributed by atoms with Gasteiger partial charge in [0.05, 0.1) is 7.11 Å². The topological polar surface area (TPSA) is 62.1 Å². The second kappa shape index (κ2) is 4.17. The quantitative estimate of drug-likeness (QED) is 0.775. The van der Waals surface area contributed by atoms with Crippen molar-refractivity contribution in [2.45, 2.75) is 32.2 Å². The van der Waals surface area contributed by atoms with Gasteiger partial charge in [0.15, 0.2) is 0 Å². The van der Waals surface area contributed by atoms with Gasteiger partial charge in [-0.1, -0.05) is 13.8 Å². The summed E-state index contributed by atoms with van der Waals surface area (Å²) in [5.74, 6) is -0.307. The van der Waals surface area contributed by atoms with Crippen LogP contribution in [0.5, 0.6) is 0 Å². The van der Waals surface area contributed by atoms with Crippen molar-refractivity contribution in [3.63, 3.8) is 0 Å². The Morgan fingerprint density at radius 1 is 1.59 bits per heavy atom. The Morgan fingerprint density at radius 3 is 2.47 bits per heavy atom. The molecule has 0 spiro atoms. The molecule has 1 heterocycles. The smallest absolute Gasteiger partial charge is 0.439 e. The molecule has 1 aliphatic heterocycles. The molecule has 0 unspecified atom stereocenters. The van der Waals surface area contributed by atoms with Crippen molar-refractivity contribution in [1.82, 2.24) is 5.01 Å². The number of hydrazone groups is 1. The summed E-state index contributed by atoms with van der Waals surface area (Å²) < 4.78 is 42.4. The summed E-state index contributed by atoms with van der Waals surface area (Å²) >= 11 is 0. The Balaban J connectivity index is 3.13. The van der Waals surface area contributed by atoms with Crippen LogP contribution in [0.25, 0.3) is 0 Å². The Hall–Kier alpha value is -1.31. The molecule has 98 valence electrons. The normalized spacial score (nSPS) is 25.2. The number of hydrogen-bond donors (Lipinski definition) is 1. The molecular weight excluding hydrogens is 241 g/mol. The number of carbonyl (C=O) groups is 1. The van der Waals surface area contributed by atoms with E-state index in [1.54, 1.807) is 13.8 Å². The van der Waals surface area contributed by atoms with E-state index in [-0.39, 0.29) is 16.6 Å². The molecule has 17 heavy (non-hydrogen) atoms. The number of ether oxygens (including phenoxy) is 1. The lowest BCUT2D eigenvalue weighted by Crippen LogP contribution is -2.56. The fraction of sp³-hybridized carbons (Fsp3) is 0.778. The van der Waals surface area contributed by atoms with Gasteiger partial charge in [-0.3, -0.25) is 0 Å². The van der Waals surface area contributed by atoms with Crippen LogP contribution in [-0.4, -0.2) is 40.9 Å². The van der Waals surface area contributed by atoms with Gasteiger partial charge in [0.1, 0.15) is 0 Å². The van der Waals surface area contributed by atoms with E-state index in [4.69, 9.17) is 0 Å². The minimum atomic E-state index is -5.00. The molecule has 0 aromatic heterocycles. The summed E-state index contributed by atoms with van der Waals surface area (Å²) in [6.07, 6.45) is -7.11. The first-order valence-corrected chi connectivity index (χ1v) is 4.88. The third-order valence-electron chi connectivity index (χ3n) is 2.47. The standard InChI is InChI=1S/C9H13F3N2O3/c1-5(2)6-4-8(16,9(10,11)12)14(13-6)7(15)17-3/h5,16H,4H2,1-3H3/t8-/m1/s1. The summed E-state index contributed by atoms with van der Waals surface area (Å²) in [5, 5.41) is 13.0. The van der Waals surface area contributed by atoms with E-state index in [1.165, 1.54) is 0 Å². The average molecular weight is 254 g/mol. The molecule has 5 nitrogen and oxygen atoms in total. The SMILES string of the molecule is COC(=O)N1N=C(C(C)C)C[C@@]1(O)C(F)(F)F. The van der Waals surface area contributed by atoms with E-state index in [2.05, 4.69) is 9.84 Å². The van der Waals surface area contributed by atoms with Crippen molar-refractivity contribution in [3.8, 4) is 0 Å². The highest BCUT2D eigenvalue weighted by Crippen LogP contribution is 2.41. The van der Waals surface area contributed by atoms with Crippen LogP contribution in [-0.2, 0) is 4.74 Å². The van der Waals surface area contributed by atoms with Gasteiger partial charge in [-0.05, 0) is 5.92 Å². The Kier molecular flexibility index (Phi) is 3.37. The van der Waals surface area contributed by atoms with Crippen molar-refractivity contribution in [2.24, 2.45) is 11.0 Å². The number of aliphatic hydroxyl groups is 1. The fourth-order valence-corrected chi connectivity index (χ4v) is 1.39. The van der Waals surface area contributed by atoms with E-state index in [0.717, 1.165) is 7.11 Å². The second-order valence-corrected chi connectivity index (χ2v) is 4.02. The maximum absolute atomic E-state index is 12.8. The zero-order valence-electron chi connectivity index (χ0n) is 9.58. The molecule has 0 aliphatic carbocycles. The molecule has 1 aliphatic rings. The van der Waals surface area contributed by atoms with Gasteiger partial charge in [-0.2, -0.15) is 23.3 Å². The number of methoxy groups -OCH3 is 1. The molecule has 0 radical (unpaired) electrons. The molecular formula is C9H13F3N2O3. The first-order valence-electron chi connectivity index (χ1n) is 4.88. The molecule has 1 amide bonds. The van der Waals surface area contributed by atoms with E-state index in [0.29, 0.717) is 0 Å². The Labute approximate surface area is 95.8 Å². The van der Waals surface area contributed by atoms with Crippen molar-refractivity contribution >= 4 is 11.8 Å². The maximum Gasteiger partial charge on any atom is 0.439 e. The predicted octanol–water partition coefficient (Wildman–Crippen LogP) is 1.72. The minimum Gasteiger partial charge on any atom is -0.451 e. The zero-order valence-corrected chi connectivity index (χ0v) is 9.58. The maximum atomic E-state index is 12.8. The second-order valence-electron chi connectivity index (χ2n) is 4.02. The van der Waals surface area contributed by atoms with Crippen molar-refractivity contribution in [1.29, 1.82) is 0 Å². The van der Waals surface area contributed by atoms with Crippen LogP contribution in [0.3, 0.4) is 0 Å². The number of carbonyl (C=O) groups excluding carboxylic acids is 1. The molecule has 8 heteroatoms. The minimum absolute atomic E-state index is 0.0532. The third-order valence-corrected chi connectivity index (χ3v) is 2.47. The van der Waals surface area contributed by atoms with E-state index >= 15 is 0 Å². The van der Waals surface area contributed by atoms with Gasteiger partial charge in [0.2, 0.25) is 0 Å². The van der Waals surface area contributed by atoms with Crippen LogP contribution in [0.1, 0.15) is 20.3 Å². The first-order chi connectivity index (χ1) is 7.63. The number of amides is 1. The number of alkyl halides is 3. The van der Waals surface area contributed by atoms with Gasteiger partial charge in [0, 0.05) is 12.1 Å². The summed E-state index contributed by atoms with van der Waals surface area (Å²) in [4.78, 5) is 11.2. The monoisotopic (exact) mass is 254 g/mol. The summed E-state index contributed by atoms with van der Waals surface area (Å²) in [7, 11) is 0.919. The summed E-state index contributed by atoms with van der Waals surface area (Å²) in [6, 6.07) is 0. The van der Waals surface area contributed by atoms with Gasteiger partial charge < -0.3 is 9.84 Å². The van der Waals surface area contributed by atoms with Crippen LogP contribution >= 0.6 is 0 Å². The third kappa shape index (κ3) is 2.21. The van der Waals surface area contributed by atoms with E-state index in [9.17, 15) is 23.1 Å². The molecule has 0 saturated heterocycles. The lowest BCUT2D eigenvalue weighted by molar-refractivity contribution is -0.299. The van der Waals surface area contributed by atoms with Gasteiger partial charge >= 0.3 is 12.3 Å². The number of hydrogen-bond acceptors (Lipinski definition) is 4. The molecule has 0 aromatic carbocycles. The molecule has 1 atom stereocenters. The lowest BCUT2D eigenvalue weighted by atomic mass is 9.99. The molecule has 1 N–H and O–H groups in total. The Bertz CT molecular complexity index is 354. The van der Waals surface area contributed by atoms with E-state index < -0.39 is 24.4 Å². The average Bonchev–Trinajstić information content (AvgIpc) is 2.56. The van der Waals surface area contributed by atoms with Crippen molar-refractivity contribution in [3.05, 3.63) is 0 Å². The number of rotatable bonds is 1. The lowest BCUT2D eigenvalue weighted by Gasteiger charge is -2.31.